The molecular weight excluding hydrogens is 47.8 g/mol. The van der Waals surface area contributed by atoms with Crippen molar-refractivity contribution >= 4 is 8.05 Å². The predicted octanol–water partition coefficient (Wildman–Crippen LogP) is -3.66. The van der Waals surface area contributed by atoms with Gasteiger partial charge in [0, 0.05) is 0 Å². The van der Waals surface area contributed by atoms with Gasteiger partial charge < -0.3 is 12.6 Å². The molecule has 0 aliphatic carbocycles. The van der Waals surface area contributed by atoms with Gasteiger partial charge in [-0.05, 0) is 0 Å². The molecule has 20 valence electrons. The van der Waals surface area contributed by atoms with Crippen molar-refractivity contribution < 1.29 is 25.3 Å². The Hall–Kier alpha value is 0.582. The average Bonchev–Trinajstić information content (AvgIpc) is 1.00. The van der Waals surface area contributed by atoms with Gasteiger partial charge in [0.2, 0.25) is 0 Å². The minimum absolute atomic E-state index is 0. The molecule has 0 aliphatic heterocycles. The molecule has 4 N–H and O–H groups in total. The summed E-state index contributed by atoms with van der Waals surface area (Å²) in [5.74, 6) is 0. The zero-order valence-electron chi connectivity index (χ0n) is 3.73. The molecule has 0 aromatic rings. The van der Waals surface area contributed by atoms with Crippen LogP contribution in [0.2, 0.25) is 0 Å². The topological polar surface area (TPSA) is 55.2 Å². The normalized spacial score (nSPS) is 1.25. The first-order chi connectivity index (χ1) is 1.00. The molecule has 0 aromatic carbocycles. The number of hydrogen-bond donors (Lipinski definition) is 2. The summed E-state index contributed by atoms with van der Waals surface area (Å²) in [6.45, 7) is 0. The Morgan fingerprint density at radius 1 is 1.50 bits per heavy atom. The fraction of sp³-hybridized carbons (Fsp3) is 0. The van der Waals surface area contributed by atoms with Gasteiger partial charge in [-0.3, -0.25) is 0 Å². The summed E-state index contributed by atoms with van der Waals surface area (Å²) in [7, 11) is 3.50. The quantitative estimate of drug-likeness (QED) is 0.279. The molecule has 4 heteroatoms. The minimum atomic E-state index is 0. The van der Waals surface area contributed by atoms with E-state index in [0.29, 0.717) is 0 Å². The van der Waals surface area contributed by atoms with Crippen LogP contribution in [0, 0.1) is 0 Å². The Balaban J connectivity index is -0.00000000167. The monoisotopic (exact) mass is 53.1 g/mol. The van der Waals surface area contributed by atoms with E-state index in [2.05, 4.69) is 8.05 Å². The Morgan fingerprint density at radius 3 is 1.50 bits per heavy atom. The molecule has 0 amide bonds. The van der Waals surface area contributed by atoms with Crippen LogP contribution in [-0.2, 0) is 0 Å². The summed E-state index contributed by atoms with van der Waals surface area (Å²) in [5.41, 5.74) is 0. The van der Waals surface area contributed by atoms with Crippen molar-refractivity contribution in [2.24, 2.45) is 0 Å². The molecule has 0 bridgehead atoms. The molecule has 0 rings (SSSR count). The fourth-order valence-electron chi connectivity index (χ4n) is 0. The van der Waals surface area contributed by atoms with Crippen LogP contribution in [-0.4, -0.2) is 13.1 Å². The standard InChI is InChI=1S/BHO.Li.H3N.H/c1-2;;;/h2H;;1H3;/q;+1;;-1. The molecule has 2 nitrogen and oxygen atoms in total. The van der Waals surface area contributed by atoms with Gasteiger partial charge in [0.15, 0.2) is 0 Å². The Labute approximate surface area is 40.3 Å². The zero-order valence-corrected chi connectivity index (χ0v) is 2.73. The summed E-state index contributed by atoms with van der Waals surface area (Å²) >= 11 is 0. The van der Waals surface area contributed by atoms with Crippen molar-refractivity contribution in [1.82, 2.24) is 6.15 Å². The van der Waals surface area contributed by atoms with Gasteiger partial charge in [-0.2, -0.15) is 0 Å². The van der Waals surface area contributed by atoms with Crippen molar-refractivity contribution in [1.29, 1.82) is 0 Å². The zero-order chi connectivity index (χ0) is 2.00. The molecule has 0 saturated carbocycles. The average molecular weight is 52.8 g/mol. The van der Waals surface area contributed by atoms with Gasteiger partial charge >= 0.3 is 18.9 Å². The maximum absolute atomic E-state index is 6.50. The maximum Gasteiger partial charge on any atom is 1.00 e. The van der Waals surface area contributed by atoms with E-state index in [1.807, 2.05) is 0 Å². The van der Waals surface area contributed by atoms with E-state index in [1.54, 1.807) is 0 Å². The van der Waals surface area contributed by atoms with Crippen LogP contribution >= 0.6 is 0 Å². The van der Waals surface area contributed by atoms with Crippen LogP contribution in [0.25, 0.3) is 0 Å². The summed E-state index contributed by atoms with van der Waals surface area (Å²) in [4.78, 5) is 0. The fourth-order valence-corrected chi connectivity index (χ4v) is 0. The van der Waals surface area contributed by atoms with Gasteiger partial charge in [0.1, 0.15) is 0 Å². The van der Waals surface area contributed by atoms with Crippen molar-refractivity contribution in [3.63, 3.8) is 0 Å². The van der Waals surface area contributed by atoms with Crippen LogP contribution in [0.3, 0.4) is 0 Å². The van der Waals surface area contributed by atoms with Crippen LogP contribution < -0.4 is 25.0 Å². The van der Waals surface area contributed by atoms with Crippen molar-refractivity contribution in [3.05, 3.63) is 0 Å². The summed E-state index contributed by atoms with van der Waals surface area (Å²) in [5, 5.41) is 6.50. The van der Waals surface area contributed by atoms with Gasteiger partial charge in [0.05, 0.1) is 0 Å². The molecule has 0 spiro atoms. The molecule has 2 radical (unpaired) electrons. The van der Waals surface area contributed by atoms with Crippen molar-refractivity contribution in [3.8, 4) is 0 Å². The summed E-state index contributed by atoms with van der Waals surface area (Å²) in [6, 6.07) is 0. The van der Waals surface area contributed by atoms with Crippen LogP contribution in [0.4, 0.5) is 0 Å². The number of hydrogen-bond acceptors (Lipinski definition) is 2. The van der Waals surface area contributed by atoms with E-state index in [-0.39, 0.29) is 26.4 Å². The second kappa shape index (κ2) is 70.4. The summed E-state index contributed by atoms with van der Waals surface area (Å²) in [6.07, 6.45) is 0. The third-order valence-corrected chi connectivity index (χ3v) is 0. The third-order valence-electron chi connectivity index (χ3n) is 0. The van der Waals surface area contributed by atoms with Crippen LogP contribution in [0.1, 0.15) is 1.43 Å². The first kappa shape index (κ1) is 23.5. The van der Waals surface area contributed by atoms with Crippen molar-refractivity contribution in [2.45, 2.75) is 0 Å². The van der Waals surface area contributed by atoms with E-state index in [4.69, 9.17) is 5.02 Å². The molecule has 0 aliphatic rings. The van der Waals surface area contributed by atoms with E-state index >= 15 is 0 Å². The molecular formula is H5BLiNO. The smallest absolute Gasteiger partial charge is 1.00 e. The van der Waals surface area contributed by atoms with E-state index < -0.39 is 0 Å². The minimum Gasteiger partial charge on any atom is -1.00 e. The van der Waals surface area contributed by atoms with Gasteiger partial charge in [-0.15, -0.1) is 0 Å². The molecule has 0 fully saturated rings. The second-order valence-corrected chi connectivity index (χ2v) is 0. The Bertz CT molecular complexity index is 11.6. The SMILES string of the molecule is N.[B]O.[H-].[Li+]. The Morgan fingerprint density at radius 2 is 1.50 bits per heavy atom. The maximum atomic E-state index is 6.50. The molecule has 0 saturated heterocycles. The third kappa shape index (κ3) is 19.1. The molecule has 0 aromatic heterocycles. The van der Waals surface area contributed by atoms with Crippen LogP contribution in [0.5, 0.6) is 0 Å². The summed E-state index contributed by atoms with van der Waals surface area (Å²) < 4.78 is 0. The molecule has 0 atom stereocenters. The predicted molar refractivity (Wildman–Crippen MR) is 14.1 cm³/mol. The van der Waals surface area contributed by atoms with Crippen LogP contribution in [0.15, 0.2) is 0 Å². The van der Waals surface area contributed by atoms with Crippen molar-refractivity contribution in [2.75, 3.05) is 0 Å². The van der Waals surface area contributed by atoms with Gasteiger partial charge in [-0.1, -0.05) is 0 Å². The number of rotatable bonds is 0. The molecule has 0 unspecified atom stereocenters. The Kier molecular flexibility index (Phi) is 414. The largest absolute Gasteiger partial charge is 1.00 e. The molecule has 4 heavy (non-hydrogen) atoms. The van der Waals surface area contributed by atoms with E-state index in [9.17, 15) is 0 Å². The van der Waals surface area contributed by atoms with Gasteiger partial charge in [0.25, 0.3) is 8.05 Å². The molecule has 0 heterocycles. The van der Waals surface area contributed by atoms with E-state index in [1.165, 1.54) is 0 Å². The first-order valence-corrected chi connectivity index (χ1v) is 0.258. The first-order valence-electron chi connectivity index (χ1n) is 0.258. The van der Waals surface area contributed by atoms with E-state index in [0.717, 1.165) is 0 Å². The van der Waals surface area contributed by atoms with Gasteiger partial charge in [-0.25, -0.2) is 0 Å². The second-order valence-electron chi connectivity index (χ2n) is 0.